The van der Waals surface area contributed by atoms with Crippen LogP contribution in [0.3, 0.4) is 0 Å². The van der Waals surface area contributed by atoms with Crippen molar-refractivity contribution in [2.75, 3.05) is 6.61 Å². The van der Waals surface area contributed by atoms with Crippen molar-refractivity contribution in [3.8, 4) is 0 Å². The third-order valence-electron chi connectivity index (χ3n) is 4.29. The molecule has 1 amide bonds. The summed E-state index contributed by atoms with van der Waals surface area (Å²) in [6, 6.07) is 14.8. The van der Waals surface area contributed by atoms with Crippen molar-refractivity contribution >= 4 is 29.1 Å². The van der Waals surface area contributed by atoms with E-state index >= 15 is 0 Å². The van der Waals surface area contributed by atoms with Gasteiger partial charge in [-0.05, 0) is 48.5 Å². The summed E-state index contributed by atoms with van der Waals surface area (Å²) in [4.78, 5) is 26.2. The van der Waals surface area contributed by atoms with Gasteiger partial charge in [-0.25, -0.2) is 4.39 Å². The second-order valence-electron chi connectivity index (χ2n) is 6.05. The zero-order valence-corrected chi connectivity index (χ0v) is 14.9. The Kier molecular flexibility index (Phi) is 5.73. The van der Waals surface area contributed by atoms with E-state index in [2.05, 4.69) is 0 Å². The first kappa shape index (κ1) is 18.2. The number of ketones is 1. The zero-order chi connectivity index (χ0) is 18.5. The van der Waals surface area contributed by atoms with E-state index < -0.39 is 0 Å². The molecule has 0 bridgehead atoms. The van der Waals surface area contributed by atoms with Crippen molar-refractivity contribution in [1.82, 2.24) is 4.90 Å². The van der Waals surface area contributed by atoms with Gasteiger partial charge >= 0.3 is 0 Å². The Balaban J connectivity index is 1.57. The normalized spacial score (nSPS) is 16.4. The van der Waals surface area contributed by atoms with Crippen molar-refractivity contribution in [1.29, 1.82) is 0 Å². The van der Waals surface area contributed by atoms with E-state index in [0.29, 0.717) is 18.6 Å². The second kappa shape index (κ2) is 8.19. The minimum absolute atomic E-state index is 0.113. The molecule has 1 unspecified atom stereocenters. The number of rotatable bonds is 6. The lowest BCUT2D eigenvalue weighted by Crippen LogP contribution is -2.33. The first-order valence-corrected chi connectivity index (χ1v) is 8.79. The molecule has 134 valence electrons. The van der Waals surface area contributed by atoms with Gasteiger partial charge in [-0.2, -0.15) is 0 Å². The number of halogens is 1. The average Bonchev–Trinajstić information content (AvgIpc) is 3.04. The molecular weight excluding hydrogens is 353 g/mol. The van der Waals surface area contributed by atoms with Crippen LogP contribution in [0.25, 0.3) is 0 Å². The van der Waals surface area contributed by atoms with Gasteiger partial charge in [-0.1, -0.05) is 30.3 Å². The second-order valence-corrected chi connectivity index (χ2v) is 6.40. The predicted molar refractivity (Wildman–Crippen MR) is 99.2 cm³/mol. The Hall–Kier alpha value is -2.60. The number of benzene rings is 2. The Bertz CT molecular complexity index is 808. The molecule has 1 fully saturated rings. The Labute approximate surface area is 156 Å². The number of carbonyl (C=O) groups is 2. The van der Waals surface area contributed by atoms with E-state index in [9.17, 15) is 14.0 Å². The van der Waals surface area contributed by atoms with Crippen LogP contribution in [-0.2, 0) is 9.53 Å². The van der Waals surface area contributed by atoms with Crippen LogP contribution in [0.2, 0.25) is 0 Å². The smallest absolute Gasteiger partial charge is 0.266 e. The molecule has 1 atom stereocenters. The maximum Gasteiger partial charge on any atom is 0.266 e. The van der Waals surface area contributed by atoms with Gasteiger partial charge in [-0.3, -0.25) is 14.5 Å². The molecule has 0 radical (unpaired) electrons. The Morgan fingerprint density at radius 3 is 2.46 bits per heavy atom. The van der Waals surface area contributed by atoms with E-state index in [-0.39, 0.29) is 41.6 Å². The van der Waals surface area contributed by atoms with Crippen LogP contribution in [0.1, 0.15) is 41.2 Å². The van der Waals surface area contributed by atoms with Gasteiger partial charge in [0.1, 0.15) is 12.4 Å². The van der Waals surface area contributed by atoms with Crippen LogP contribution < -0.4 is 0 Å². The molecule has 3 rings (SSSR count). The highest BCUT2D eigenvalue weighted by atomic mass is 32.1. The van der Waals surface area contributed by atoms with Crippen molar-refractivity contribution in [2.45, 2.75) is 25.3 Å². The molecule has 0 aliphatic carbocycles. The number of carbonyl (C=O) groups excluding carboxylic acids is 2. The molecule has 1 saturated heterocycles. The van der Waals surface area contributed by atoms with Crippen molar-refractivity contribution in [2.24, 2.45) is 0 Å². The number of Topliss-reactive ketones (excluding diaryl/α,β-unsaturated/α-hetero) is 1. The molecule has 6 heteroatoms. The summed E-state index contributed by atoms with van der Waals surface area (Å²) in [5.74, 6) is -0.655. The third kappa shape index (κ3) is 4.14. The number of thiocarbonyl (C=S) groups is 1. The molecule has 0 aromatic heterocycles. The Morgan fingerprint density at radius 1 is 1.08 bits per heavy atom. The topological polar surface area (TPSA) is 46.6 Å². The first-order chi connectivity index (χ1) is 12.6. The Morgan fingerprint density at radius 2 is 1.77 bits per heavy atom. The van der Waals surface area contributed by atoms with Crippen LogP contribution in [0.5, 0.6) is 0 Å². The highest BCUT2D eigenvalue weighted by Crippen LogP contribution is 2.28. The lowest BCUT2D eigenvalue weighted by Gasteiger charge is -2.21. The molecule has 26 heavy (non-hydrogen) atoms. The highest BCUT2D eigenvalue weighted by molar-refractivity contribution is 7.80. The van der Waals surface area contributed by atoms with Gasteiger partial charge in [-0.15, -0.1) is 0 Å². The van der Waals surface area contributed by atoms with Crippen molar-refractivity contribution < 1.29 is 18.7 Å². The number of amides is 1. The van der Waals surface area contributed by atoms with E-state index in [0.717, 1.165) is 5.56 Å². The van der Waals surface area contributed by atoms with E-state index in [4.69, 9.17) is 17.0 Å². The average molecular weight is 371 g/mol. The minimum atomic E-state index is -0.383. The van der Waals surface area contributed by atoms with Gasteiger partial charge in [0.15, 0.2) is 5.78 Å². The van der Waals surface area contributed by atoms with Crippen LogP contribution in [-0.4, -0.2) is 28.4 Å². The fourth-order valence-electron chi connectivity index (χ4n) is 2.92. The molecule has 2 aromatic carbocycles. The molecular formula is C20H18FNO3S. The van der Waals surface area contributed by atoms with Crippen LogP contribution in [0.4, 0.5) is 4.39 Å². The minimum Gasteiger partial charge on any atom is -0.468 e. The van der Waals surface area contributed by atoms with Gasteiger partial charge in [0.25, 0.3) is 5.17 Å². The summed E-state index contributed by atoms with van der Waals surface area (Å²) < 4.78 is 18.3. The highest BCUT2D eigenvalue weighted by Gasteiger charge is 2.35. The van der Waals surface area contributed by atoms with Gasteiger partial charge in [0, 0.05) is 18.4 Å². The summed E-state index contributed by atoms with van der Waals surface area (Å²) >= 11 is 5.16. The fourth-order valence-corrected chi connectivity index (χ4v) is 3.22. The SMILES string of the molecule is O=C(CCCC(=O)N1C(=S)OCC1c1ccccc1)c1ccc(F)cc1. The number of hydrogen-bond acceptors (Lipinski definition) is 4. The van der Waals surface area contributed by atoms with E-state index in [1.165, 1.54) is 29.2 Å². The molecule has 4 nitrogen and oxygen atoms in total. The van der Waals surface area contributed by atoms with Gasteiger partial charge in [0.2, 0.25) is 5.91 Å². The third-order valence-corrected chi connectivity index (χ3v) is 4.60. The zero-order valence-electron chi connectivity index (χ0n) is 14.1. The predicted octanol–water partition coefficient (Wildman–Crippen LogP) is 4.06. The molecule has 1 aliphatic rings. The molecule has 1 aliphatic heterocycles. The van der Waals surface area contributed by atoms with Crippen LogP contribution in [0.15, 0.2) is 54.6 Å². The summed E-state index contributed by atoms with van der Waals surface area (Å²) in [7, 11) is 0. The summed E-state index contributed by atoms with van der Waals surface area (Å²) in [6.07, 6.45) is 0.810. The van der Waals surface area contributed by atoms with Crippen LogP contribution in [0, 0.1) is 5.82 Å². The quantitative estimate of drug-likeness (QED) is 0.567. The molecule has 0 spiro atoms. The molecule has 2 aromatic rings. The standard InChI is InChI=1S/C20H18FNO3S/c21-16-11-9-15(10-12-16)18(23)7-4-8-19(24)22-17(13-25-20(22)26)14-5-2-1-3-6-14/h1-3,5-6,9-12,17H,4,7-8,13H2. The number of hydrogen-bond donors (Lipinski definition) is 0. The molecule has 0 N–H and O–H groups in total. The maximum absolute atomic E-state index is 12.9. The summed E-state index contributed by atoms with van der Waals surface area (Å²) in [5, 5.41) is 0.175. The largest absolute Gasteiger partial charge is 0.468 e. The van der Waals surface area contributed by atoms with Gasteiger partial charge in [0.05, 0.1) is 6.04 Å². The monoisotopic (exact) mass is 371 g/mol. The lowest BCUT2D eigenvalue weighted by molar-refractivity contribution is -0.128. The summed E-state index contributed by atoms with van der Waals surface area (Å²) in [6.45, 7) is 0.336. The van der Waals surface area contributed by atoms with Crippen molar-refractivity contribution in [3.63, 3.8) is 0 Å². The van der Waals surface area contributed by atoms with E-state index in [1.54, 1.807) is 0 Å². The van der Waals surface area contributed by atoms with Gasteiger partial charge < -0.3 is 4.74 Å². The van der Waals surface area contributed by atoms with Crippen LogP contribution >= 0.6 is 12.2 Å². The lowest BCUT2D eigenvalue weighted by atomic mass is 10.0. The summed E-state index contributed by atoms with van der Waals surface area (Å²) in [5.41, 5.74) is 1.41. The first-order valence-electron chi connectivity index (χ1n) is 8.39. The van der Waals surface area contributed by atoms with Crippen molar-refractivity contribution in [3.05, 3.63) is 71.5 Å². The fraction of sp³-hybridized carbons (Fsp3) is 0.250. The molecule has 1 heterocycles. The maximum atomic E-state index is 12.9. The molecule has 0 saturated carbocycles. The number of ether oxygens (including phenoxy) is 1. The number of nitrogens with zero attached hydrogens (tertiary/aromatic N) is 1. The van der Waals surface area contributed by atoms with E-state index in [1.807, 2.05) is 30.3 Å².